The van der Waals surface area contributed by atoms with E-state index in [1.165, 1.54) is 17.8 Å². The minimum atomic E-state index is -0.369. The van der Waals surface area contributed by atoms with Crippen LogP contribution in [0, 0.1) is 5.82 Å². The van der Waals surface area contributed by atoms with E-state index in [1.54, 1.807) is 22.8 Å². The third-order valence-electron chi connectivity index (χ3n) is 3.54. The van der Waals surface area contributed by atoms with Crippen LogP contribution in [0.4, 0.5) is 4.39 Å². The van der Waals surface area contributed by atoms with Crippen LogP contribution in [0.5, 0.6) is 0 Å². The molecule has 134 valence electrons. The lowest BCUT2D eigenvalue weighted by molar-refractivity contribution is -0.119. The van der Waals surface area contributed by atoms with Crippen LogP contribution in [0.3, 0.4) is 0 Å². The molecular formula is C19H19FN4OS. The summed E-state index contributed by atoms with van der Waals surface area (Å²) in [6, 6.07) is 16.0. The lowest BCUT2D eigenvalue weighted by Crippen LogP contribution is -2.31. The Hall–Kier alpha value is -2.67. The fraction of sp³-hybridized carbons (Fsp3) is 0.211. The van der Waals surface area contributed by atoms with Gasteiger partial charge in [-0.3, -0.25) is 9.36 Å². The van der Waals surface area contributed by atoms with Gasteiger partial charge in [0.15, 0.2) is 11.0 Å². The Labute approximate surface area is 155 Å². The molecule has 0 aliphatic rings. The SMILES string of the molecule is CC(C)NC(=O)CSc1nnc(-c2ccccc2F)n1-c1ccccc1. The largest absolute Gasteiger partial charge is 0.353 e. The zero-order valence-electron chi connectivity index (χ0n) is 14.5. The maximum atomic E-state index is 14.3. The number of thioether (sulfide) groups is 1. The van der Waals surface area contributed by atoms with Crippen molar-refractivity contribution in [3.8, 4) is 17.1 Å². The first-order valence-electron chi connectivity index (χ1n) is 8.24. The Balaban J connectivity index is 1.98. The van der Waals surface area contributed by atoms with Gasteiger partial charge in [0, 0.05) is 11.7 Å². The van der Waals surface area contributed by atoms with E-state index in [9.17, 15) is 9.18 Å². The number of amides is 1. The van der Waals surface area contributed by atoms with Gasteiger partial charge in [0.05, 0.1) is 11.3 Å². The lowest BCUT2D eigenvalue weighted by atomic mass is 10.2. The first-order chi connectivity index (χ1) is 12.6. The Kier molecular flexibility index (Phi) is 5.68. The third-order valence-corrected chi connectivity index (χ3v) is 4.47. The summed E-state index contributed by atoms with van der Waals surface area (Å²) in [5.41, 5.74) is 1.17. The quantitative estimate of drug-likeness (QED) is 0.672. The molecule has 26 heavy (non-hydrogen) atoms. The second-order valence-corrected chi connectivity index (χ2v) is 6.91. The summed E-state index contributed by atoms with van der Waals surface area (Å²) in [4.78, 5) is 12.0. The number of halogens is 1. The fourth-order valence-electron chi connectivity index (χ4n) is 2.48. The van der Waals surface area contributed by atoms with Crippen molar-refractivity contribution >= 4 is 17.7 Å². The van der Waals surface area contributed by atoms with Crippen molar-refractivity contribution in [2.45, 2.75) is 25.0 Å². The van der Waals surface area contributed by atoms with Crippen LogP contribution < -0.4 is 5.32 Å². The zero-order valence-corrected chi connectivity index (χ0v) is 15.3. The highest BCUT2D eigenvalue weighted by Gasteiger charge is 2.19. The van der Waals surface area contributed by atoms with Crippen molar-refractivity contribution in [1.29, 1.82) is 0 Å². The molecule has 3 aromatic rings. The molecule has 0 aliphatic heterocycles. The number of rotatable bonds is 6. The molecule has 5 nitrogen and oxygen atoms in total. The summed E-state index contributed by atoms with van der Waals surface area (Å²) in [5.74, 6) is 0.160. The number of aromatic nitrogens is 3. The molecule has 1 N–H and O–H groups in total. The van der Waals surface area contributed by atoms with Gasteiger partial charge in [0.2, 0.25) is 5.91 Å². The molecule has 1 aromatic heterocycles. The van der Waals surface area contributed by atoms with Crippen molar-refractivity contribution in [2.75, 3.05) is 5.75 Å². The molecule has 0 aliphatic carbocycles. The zero-order chi connectivity index (χ0) is 18.5. The molecule has 0 fully saturated rings. The Morgan fingerprint density at radius 1 is 1.12 bits per heavy atom. The van der Waals surface area contributed by atoms with Gasteiger partial charge in [-0.05, 0) is 38.1 Å². The first kappa shape index (κ1) is 18.1. The van der Waals surface area contributed by atoms with E-state index in [4.69, 9.17) is 0 Å². The van der Waals surface area contributed by atoms with Crippen LogP contribution in [0.1, 0.15) is 13.8 Å². The second-order valence-electron chi connectivity index (χ2n) is 5.97. The van der Waals surface area contributed by atoms with Gasteiger partial charge in [-0.2, -0.15) is 0 Å². The van der Waals surface area contributed by atoms with Crippen LogP contribution >= 0.6 is 11.8 Å². The molecule has 1 amide bonds. The van der Waals surface area contributed by atoms with Crippen LogP contribution in [0.25, 0.3) is 17.1 Å². The van der Waals surface area contributed by atoms with Gasteiger partial charge in [-0.25, -0.2) is 4.39 Å². The minimum Gasteiger partial charge on any atom is -0.353 e. The second kappa shape index (κ2) is 8.14. The van der Waals surface area contributed by atoms with E-state index in [1.807, 2.05) is 44.2 Å². The van der Waals surface area contributed by atoms with Crippen LogP contribution in [0.15, 0.2) is 59.8 Å². The Morgan fingerprint density at radius 2 is 1.81 bits per heavy atom. The number of nitrogens with zero attached hydrogens (tertiary/aromatic N) is 3. The highest BCUT2D eigenvalue weighted by molar-refractivity contribution is 7.99. The molecule has 0 radical (unpaired) electrons. The normalized spacial score (nSPS) is 10.9. The van der Waals surface area contributed by atoms with Crippen molar-refractivity contribution in [3.63, 3.8) is 0 Å². The number of benzene rings is 2. The molecule has 7 heteroatoms. The lowest BCUT2D eigenvalue weighted by Gasteiger charge is -2.11. The minimum absolute atomic E-state index is 0.0732. The van der Waals surface area contributed by atoms with Gasteiger partial charge in [-0.1, -0.05) is 42.1 Å². The molecule has 2 aromatic carbocycles. The number of para-hydroxylation sites is 1. The molecular weight excluding hydrogens is 351 g/mol. The number of carbonyl (C=O) groups is 1. The monoisotopic (exact) mass is 370 g/mol. The maximum Gasteiger partial charge on any atom is 0.230 e. The number of carbonyl (C=O) groups excluding carboxylic acids is 1. The van der Waals surface area contributed by atoms with Crippen LogP contribution in [-0.4, -0.2) is 32.5 Å². The van der Waals surface area contributed by atoms with Gasteiger partial charge < -0.3 is 5.32 Å². The van der Waals surface area contributed by atoms with Gasteiger partial charge in [-0.15, -0.1) is 10.2 Å². The summed E-state index contributed by atoms with van der Waals surface area (Å²) in [7, 11) is 0. The standard InChI is InChI=1S/C19H19FN4OS/c1-13(2)21-17(25)12-26-19-23-22-18(15-10-6-7-11-16(15)20)24(19)14-8-4-3-5-9-14/h3-11,13H,12H2,1-2H3,(H,21,25). The van der Waals surface area contributed by atoms with Crippen LogP contribution in [-0.2, 0) is 4.79 Å². The molecule has 3 rings (SSSR count). The van der Waals surface area contributed by atoms with E-state index in [2.05, 4.69) is 15.5 Å². The predicted octanol–water partition coefficient (Wildman–Crippen LogP) is 3.69. The van der Waals surface area contributed by atoms with Gasteiger partial charge in [0.1, 0.15) is 5.82 Å². The van der Waals surface area contributed by atoms with Gasteiger partial charge >= 0.3 is 0 Å². The number of hydrogen-bond acceptors (Lipinski definition) is 4. The molecule has 0 unspecified atom stereocenters. The van der Waals surface area contributed by atoms with E-state index < -0.39 is 0 Å². The highest BCUT2D eigenvalue weighted by Crippen LogP contribution is 2.29. The van der Waals surface area contributed by atoms with E-state index in [0.29, 0.717) is 16.5 Å². The fourth-order valence-corrected chi connectivity index (χ4v) is 3.25. The molecule has 0 bridgehead atoms. The molecule has 1 heterocycles. The van der Waals surface area contributed by atoms with E-state index in [-0.39, 0.29) is 23.5 Å². The molecule has 0 saturated heterocycles. The smallest absolute Gasteiger partial charge is 0.230 e. The van der Waals surface area contributed by atoms with Crippen LogP contribution in [0.2, 0.25) is 0 Å². The molecule has 0 spiro atoms. The predicted molar refractivity (Wildman–Crippen MR) is 101 cm³/mol. The molecule has 0 saturated carbocycles. The average Bonchev–Trinajstić information content (AvgIpc) is 3.04. The maximum absolute atomic E-state index is 14.3. The van der Waals surface area contributed by atoms with Crippen molar-refractivity contribution < 1.29 is 9.18 Å². The topological polar surface area (TPSA) is 59.8 Å². The molecule has 0 atom stereocenters. The van der Waals surface area contributed by atoms with Crippen molar-refractivity contribution in [1.82, 2.24) is 20.1 Å². The Morgan fingerprint density at radius 3 is 2.50 bits per heavy atom. The Bertz CT molecular complexity index is 896. The van der Waals surface area contributed by atoms with E-state index >= 15 is 0 Å². The number of nitrogens with one attached hydrogen (secondary N) is 1. The summed E-state index contributed by atoms with van der Waals surface area (Å²) in [6.45, 7) is 3.82. The summed E-state index contributed by atoms with van der Waals surface area (Å²) >= 11 is 1.27. The number of hydrogen-bond donors (Lipinski definition) is 1. The first-order valence-corrected chi connectivity index (χ1v) is 9.22. The summed E-state index contributed by atoms with van der Waals surface area (Å²) in [5, 5.41) is 11.8. The summed E-state index contributed by atoms with van der Waals surface area (Å²) in [6.07, 6.45) is 0. The summed E-state index contributed by atoms with van der Waals surface area (Å²) < 4.78 is 16.1. The van der Waals surface area contributed by atoms with Gasteiger partial charge in [0.25, 0.3) is 0 Å². The van der Waals surface area contributed by atoms with Crippen molar-refractivity contribution in [2.24, 2.45) is 0 Å². The van der Waals surface area contributed by atoms with E-state index in [0.717, 1.165) is 5.69 Å². The highest BCUT2D eigenvalue weighted by atomic mass is 32.2. The average molecular weight is 370 g/mol. The van der Waals surface area contributed by atoms with Crippen molar-refractivity contribution in [3.05, 3.63) is 60.4 Å². The third kappa shape index (κ3) is 4.11.